The molecule has 7 nitrogen and oxygen atoms in total. The molecule has 21 heavy (non-hydrogen) atoms. The Morgan fingerprint density at radius 1 is 1.29 bits per heavy atom. The SMILES string of the molecule is COC(=O)C1COCCN1C(=O)CN1CCCCCC1=O. The second-order valence-electron chi connectivity index (χ2n) is 5.33. The highest BCUT2D eigenvalue weighted by atomic mass is 16.5. The molecule has 0 N–H and O–H groups in total. The number of hydrogen-bond acceptors (Lipinski definition) is 5. The fourth-order valence-electron chi connectivity index (χ4n) is 2.69. The molecule has 118 valence electrons. The Hall–Kier alpha value is -1.63. The molecule has 0 bridgehead atoms. The Morgan fingerprint density at radius 3 is 2.86 bits per heavy atom. The van der Waals surface area contributed by atoms with Gasteiger partial charge < -0.3 is 19.3 Å². The summed E-state index contributed by atoms with van der Waals surface area (Å²) >= 11 is 0. The molecule has 1 unspecified atom stereocenters. The van der Waals surface area contributed by atoms with Gasteiger partial charge in [-0.05, 0) is 12.8 Å². The summed E-state index contributed by atoms with van der Waals surface area (Å²) in [6.07, 6.45) is 3.31. The molecule has 0 radical (unpaired) electrons. The van der Waals surface area contributed by atoms with Crippen molar-refractivity contribution in [2.75, 3.05) is 40.0 Å². The quantitative estimate of drug-likeness (QED) is 0.674. The van der Waals surface area contributed by atoms with Crippen molar-refractivity contribution in [1.82, 2.24) is 9.80 Å². The molecule has 7 heteroatoms. The maximum atomic E-state index is 12.4. The number of ether oxygens (including phenoxy) is 2. The Kier molecular flexibility index (Phi) is 5.55. The van der Waals surface area contributed by atoms with Crippen molar-refractivity contribution >= 4 is 17.8 Å². The van der Waals surface area contributed by atoms with Crippen LogP contribution >= 0.6 is 0 Å². The minimum Gasteiger partial charge on any atom is -0.467 e. The normalized spacial score (nSPS) is 23.7. The van der Waals surface area contributed by atoms with Crippen molar-refractivity contribution in [2.24, 2.45) is 0 Å². The van der Waals surface area contributed by atoms with Gasteiger partial charge in [0.25, 0.3) is 0 Å². The number of rotatable bonds is 3. The minimum absolute atomic E-state index is 0.0173. The van der Waals surface area contributed by atoms with Gasteiger partial charge in [0.1, 0.15) is 0 Å². The summed E-state index contributed by atoms with van der Waals surface area (Å²) in [5.41, 5.74) is 0. The second kappa shape index (κ2) is 7.40. The summed E-state index contributed by atoms with van der Waals surface area (Å²) in [6.45, 7) is 1.53. The fourth-order valence-corrected chi connectivity index (χ4v) is 2.69. The first-order valence-electron chi connectivity index (χ1n) is 7.36. The molecule has 0 aliphatic carbocycles. The van der Waals surface area contributed by atoms with Crippen molar-refractivity contribution < 1.29 is 23.9 Å². The molecule has 2 aliphatic heterocycles. The lowest BCUT2D eigenvalue weighted by Gasteiger charge is -2.35. The first-order chi connectivity index (χ1) is 10.1. The average molecular weight is 298 g/mol. The predicted molar refractivity (Wildman–Crippen MR) is 73.4 cm³/mol. The highest BCUT2D eigenvalue weighted by Crippen LogP contribution is 2.14. The summed E-state index contributed by atoms with van der Waals surface area (Å²) < 4.78 is 9.95. The lowest BCUT2D eigenvalue weighted by molar-refractivity contribution is -0.161. The maximum Gasteiger partial charge on any atom is 0.331 e. The summed E-state index contributed by atoms with van der Waals surface area (Å²) in [6, 6.07) is -0.710. The maximum absolute atomic E-state index is 12.4. The van der Waals surface area contributed by atoms with Gasteiger partial charge in [-0.3, -0.25) is 9.59 Å². The van der Waals surface area contributed by atoms with E-state index < -0.39 is 12.0 Å². The minimum atomic E-state index is -0.710. The largest absolute Gasteiger partial charge is 0.467 e. The van der Waals surface area contributed by atoms with Crippen LogP contribution in [0.15, 0.2) is 0 Å². The topological polar surface area (TPSA) is 76.2 Å². The van der Waals surface area contributed by atoms with Gasteiger partial charge in [-0.15, -0.1) is 0 Å². The molecule has 2 heterocycles. The van der Waals surface area contributed by atoms with Gasteiger partial charge in [-0.25, -0.2) is 4.79 Å². The van der Waals surface area contributed by atoms with E-state index in [0.717, 1.165) is 19.3 Å². The van der Waals surface area contributed by atoms with Crippen LogP contribution in [0.4, 0.5) is 0 Å². The Labute approximate surface area is 124 Å². The Balaban J connectivity index is 1.99. The molecule has 2 fully saturated rings. The molecular formula is C14H22N2O5. The fraction of sp³-hybridized carbons (Fsp3) is 0.786. The number of likely N-dealkylation sites (tertiary alicyclic amines) is 1. The number of esters is 1. The zero-order valence-electron chi connectivity index (χ0n) is 12.4. The highest BCUT2D eigenvalue weighted by molar-refractivity contribution is 5.88. The van der Waals surface area contributed by atoms with Crippen LogP contribution in [0.25, 0.3) is 0 Å². The molecule has 2 aliphatic rings. The molecule has 1 atom stereocenters. The van der Waals surface area contributed by atoms with Gasteiger partial charge in [0.05, 0.1) is 26.9 Å². The number of amides is 2. The Morgan fingerprint density at radius 2 is 2.10 bits per heavy atom. The average Bonchev–Trinajstić information content (AvgIpc) is 2.71. The van der Waals surface area contributed by atoms with Crippen LogP contribution in [0.2, 0.25) is 0 Å². The monoisotopic (exact) mass is 298 g/mol. The van der Waals surface area contributed by atoms with E-state index in [1.54, 1.807) is 4.90 Å². The van der Waals surface area contributed by atoms with Gasteiger partial charge in [0, 0.05) is 19.5 Å². The van der Waals surface area contributed by atoms with Crippen molar-refractivity contribution in [1.29, 1.82) is 0 Å². The summed E-state index contributed by atoms with van der Waals surface area (Å²) in [7, 11) is 1.29. The molecule has 0 aromatic carbocycles. The number of nitrogens with zero attached hydrogens (tertiary/aromatic N) is 2. The molecule has 0 spiro atoms. The zero-order valence-corrected chi connectivity index (χ0v) is 12.4. The van der Waals surface area contributed by atoms with E-state index in [-0.39, 0.29) is 25.0 Å². The van der Waals surface area contributed by atoms with E-state index in [2.05, 4.69) is 0 Å². The van der Waals surface area contributed by atoms with Crippen molar-refractivity contribution in [3.63, 3.8) is 0 Å². The molecule has 2 amide bonds. The van der Waals surface area contributed by atoms with Gasteiger partial charge in [0.2, 0.25) is 11.8 Å². The molecule has 0 saturated carbocycles. The zero-order chi connectivity index (χ0) is 15.2. The van der Waals surface area contributed by atoms with E-state index in [0.29, 0.717) is 26.1 Å². The van der Waals surface area contributed by atoms with E-state index in [9.17, 15) is 14.4 Å². The van der Waals surface area contributed by atoms with Crippen molar-refractivity contribution in [3.8, 4) is 0 Å². The van der Waals surface area contributed by atoms with E-state index in [1.165, 1.54) is 12.0 Å². The number of carbonyl (C=O) groups excluding carboxylic acids is 3. The number of hydrogen-bond donors (Lipinski definition) is 0. The van der Waals surface area contributed by atoms with Crippen molar-refractivity contribution in [3.05, 3.63) is 0 Å². The third kappa shape index (κ3) is 3.93. The van der Waals surface area contributed by atoms with E-state index in [1.807, 2.05) is 0 Å². The van der Waals surface area contributed by atoms with Gasteiger partial charge >= 0.3 is 5.97 Å². The summed E-state index contributed by atoms with van der Waals surface area (Å²) in [5.74, 6) is -0.682. The molecule has 0 aromatic rings. The van der Waals surface area contributed by atoms with Gasteiger partial charge in [-0.1, -0.05) is 6.42 Å². The van der Waals surface area contributed by atoms with Crippen molar-refractivity contribution in [2.45, 2.75) is 31.7 Å². The van der Waals surface area contributed by atoms with E-state index in [4.69, 9.17) is 9.47 Å². The number of morpholine rings is 1. The summed E-state index contributed by atoms with van der Waals surface area (Å²) in [4.78, 5) is 39.1. The third-order valence-electron chi connectivity index (χ3n) is 3.92. The smallest absolute Gasteiger partial charge is 0.331 e. The highest BCUT2D eigenvalue weighted by Gasteiger charge is 2.34. The van der Waals surface area contributed by atoms with Crippen LogP contribution in [-0.4, -0.2) is 73.6 Å². The standard InChI is InChI=1S/C14H22N2O5/c1-20-14(19)11-10-21-8-7-16(11)13(18)9-15-6-4-2-3-5-12(15)17/h11H,2-10H2,1H3. The van der Waals surface area contributed by atoms with Gasteiger partial charge in [-0.2, -0.15) is 0 Å². The first-order valence-corrected chi connectivity index (χ1v) is 7.36. The van der Waals surface area contributed by atoms with Crippen LogP contribution in [0.3, 0.4) is 0 Å². The van der Waals surface area contributed by atoms with Crippen LogP contribution < -0.4 is 0 Å². The van der Waals surface area contributed by atoms with Crippen LogP contribution in [-0.2, 0) is 23.9 Å². The van der Waals surface area contributed by atoms with Crippen LogP contribution in [0.1, 0.15) is 25.7 Å². The predicted octanol–water partition coefficient (Wildman–Crippen LogP) is -0.211. The second-order valence-corrected chi connectivity index (χ2v) is 5.33. The van der Waals surface area contributed by atoms with Crippen LogP contribution in [0, 0.1) is 0 Å². The van der Waals surface area contributed by atoms with E-state index >= 15 is 0 Å². The van der Waals surface area contributed by atoms with Crippen LogP contribution in [0.5, 0.6) is 0 Å². The lowest BCUT2D eigenvalue weighted by atomic mass is 10.2. The number of methoxy groups -OCH3 is 1. The number of carbonyl (C=O) groups is 3. The third-order valence-corrected chi connectivity index (χ3v) is 3.92. The molecule has 2 rings (SSSR count). The molecule has 0 aromatic heterocycles. The molecular weight excluding hydrogens is 276 g/mol. The van der Waals surface area contributed by atoms with Gasteiger partial charge in [0.15, 0.2) is 6.04 Å². The molecule has 2 saturated heterocycles. The lowest BCUT2D eigenvalue weighted by Crippen LogP contribution is -2.55. The first kappa shape index (κ1) is 15.8. The summed E-state index contributed by atoms with van der Waals surface area (Å²) in [5, 5.41) is 0. The Bertz CT molecular complexity index is 412.